The summed E-state index contributed by atoms with van der Waals surface area (Å²) in [5.41, 5.74) is 0. The molecule has 0 aromatic carbocycles. The van der Waals surface area contributed by atoms with E-state index in [1.807, 2.05) is 13.8 Å². The number of Topliss-reactive ketones (excluding diaryl/α,β-unsaturated/α-hetero) is 1. The van der Waals surface area contributed by atoms with Crippen molar-refractivity contribution in [2.24, 2.45) is 5.92 Å². The highest BCUT2D eigenvalue weighted by Crippen LogP contribution is 2.19. The molecular formula is C16H28O3. The molecule has 110 valence electrons. The molecule has 2 atom stereocenters. The fourth-order valence-corrected chi connectivity index (χ4v) is 2.72. The summed E-state index contributed by atoms with van der Waals surface area (Å²) in [5.74, 6) is 0.367. The average molecular weight is 268 g/mol. The predicted molar refractivity (Wildman–Crippen MR) is 75.9 cm³/mol. The Morgan fingerprint density at radius 3 is 2.21 bits per heavy atom. The highest BCUT2D eigenvalue weighted by Gasteiger charge is 2.22. The molecule has 0 aliphatic carbocycles. The molecule has 0 bridgehead atoms. The molecule has 0 unspecified atom stereocenters. The Hall–Kier alpha value is -0.860. The molecule has 0 saturated carbocycles. The molecule has 1 heterocycles. The largest absolute Gasteiger partial charge is 0.462 e. The summed E-state index contributed by atoms with van der Waals surface area (Å²) in [6.45, 7) is 4.03. The first-order valence-electron chi connectivity index (χ1n) is 7.84. The van der Waals surface area contributed by atoms with Crippen LogP contribution in [0.3, 0.4) is 0 Å². The van der Waals surface area contributed by atoms with E-state index in [1.165, 1.54) is 6.42 Å². The van der Waals surface area contributed by atoms with Gasteiger partial charge in [-0.05, 0) is 25.2 Å². The third kappa shape index (κ3) is 6.74. The molecule has 0 spiro atoms. The van der Waals surface area contributed by atoms with Crippen molar-refractivity contribution in [3.05, 3.63) is 0 Å². The third-order valence-electron chi connectivity index (χ3n) is 3.96. The normalized spacial score (nSPS) is 28.5. The first-order valence-corrected chi connectivity index (χ1v) is 7.84. The molecule has 1 fully saturated rings. The van der Waals surface area contributed by atoms with Gasteiger partial charge in [-0.3, -0.25) is 9.59 Å². The zero-order valence-corrected chi connectivity index (χ0v) is 12.5. The highest BCUT2D eigenvalue weighted by molar-refractivity contribution is 5.78. The Morgan fingerprint density at radius 2 is 1.58 bits per heavy atom. The zero-order valence-electron chi connectivity index (χ0n) is 12.5. The van der Waals surface area contributed by atoms with Crippen molar-refractivity contribution in [1.29, 1.82) is 0 Å². The second-order valence-electron chi connectivity index (χ2n) is 5.78. The Kier molecular flexibility index (Phi) is 7.76. The SMILES string of the molecule is CC[C@@H]1OC(=O)CCCCCCCCC(=O)C[C@H]1C. The van der Waals surface area contributed by atoms with E-state index in [0.717, 1.165) is 38.5 Å². The summed E-state index contributed by atoms with van der Waals surface area (Å²) >= 11 is 0. The first-order chi connectivity index (χ1) is 9.13. The molecule has 0 aromatic rings. The van der Waals surface area contributed by atoms with Crippen LogP contribution in [-0.4, -0.2) is 17.9 Å². The van der Waals surface area contributed by atoms with Crippen molar-refractivity contribution >= 4 is 11.8 Å². The number of hydrogen-bond acceptors (Lipinski definition) is 3. The maximum Gasteiger partial charge on any atom is 0.306 e. The van der Waals surface area contributed by atoms with Crippen LogP contribution in [0.15, 0.2) is 0 Å². The molecule has 0 radical (unpaired) electrons. The molecular weight excluding hydrogens is 240 g/mol. The molecule has 0 aromatic heterocycles. The molecule has 1 aliphatic heterocycles. The van der Waals surface area contributed by atoms with Gasteiger partial charge in [-0.2, -0.15) is 0 Å². The topological polar surface area (TPSA) is 43.4 Å². The van der Waals surface area contributed by atoms with Gasteiger partial charge in [0.15, 0.2) is 0 Å². The summed E-state index contributed by atoms with van der Waals surface area (Å²) in [4.78, 5) is 23.6. The van der Waals surface area contributed by atoms with Crippen LogP contribution in [0.1, 0.15) is 78.1 Å². The quantitative estimate of drug-likeness (QED) is 0.674. The number of rotatable bonds is 1. The first kappa shape index (κ1) is 16.2. The summed E-state index contributed by atoms with van der Waals surface area (Å²) in [5, 5.41) is 0. The van der Waals surface area contributed by atoms with Crippen LogP contribution in [0.25, 0.3) is 0 Å². The van der Waals surface area contributed by atoms with Gasteiger partial charge in [0, 0.05) is 19.3 Å². The van der Waals surface area contributed by atoms with Gasteiger partial charge in [0.1, 0.15) is 11.9 Å². The molecule has 0 amide bonds. The van der Waals surface area contributed by atoms with Crippen molar-refractivity contribution in [1.82, 2.24) is 0 Å². The number of ketones is 1. The maximum atomic E-state index is 11.9. The minimum absolute atomic E-state index is 0.0943. The Balaban J connectivity index is 2.54. The molecule has 1 aliphatic rings. The molecule has 1 saturated heterocycles. The molecule has 0 N–H and O–H groups in total. The number of ether oxygens (including phenoxy) is 1. The van der Waals surface area contributed by atoms with Gasteiger partial charge in [0.25, 0.3) is 0 Å². The molecule has 19 heavy (non-hydrogen) atoms. The van der Waals surface area contributed by atoms with E-state index >= 15 is 0 Å². The number of cyclic esters (lactones) is 1. The van der Waals surface area contributed by atoms with Gasteiger partial charge in [0.05, 0.1) is 0 Å². The van der Waals surface area contributed by atoms with Crippen LogP contribution in [0, 0.1) is 5.92 Å². The van der Waals surface area contributed by atoms with Crippen LogP contribution in [0.2, 0.25) is 0 Å². The van der Waals surface area contributed by atoms with Crippen LogP contribution in [0.4, 0.5) is 0 Å². The Bertz CT molecular complexity index is 286. The van der Waals surface area contributed by atoms with Gasteiger partial charge in [0.2, 0.25) is 0 Å². The monoisotopic (exact) mass is 268 g/mol. The lowest BCUT2D eigenvalue weighted by Crippen LogP contribution is -2.26. The van der Waals surface area contributed by atoms with Crippen molar-refractivity contribution in [2.45, 2.75) is 84.2 Å². The Labute approximate surface area is 117 Å². The lowest BCUT2D eigenvalue weighted by molar-refractivity contribution is -0.152. The van der Waals surface area contributed by atoms with Gasteiger partial charge in [-0.1, -0.05) is 39.5 Å². The van der Waals surface area contributed by atoms with Crippen LogP contribution < -0.4 is 0 Å². The second kappa shape index (κ2) is 9.11. The maximum absolute atomic E-state index is 11.9. The summed E-state index contributed by atoms with van der Waals surface area (Å²) < 4.78 is 5.51. The minimum Gasteiger partial charge on any atom is -0.462 e. The van der Waals surface area contributed by atoms with E-state index in [1.54, 1.807) is 0 Å². The van der Waals surface area contributed by atoms with Crippen molar-refractivity contribution in [3.63, 3.8) is 0 Å². The van der Waals surface area contributed by atoms with Crippen molar-refractivity contribution in [3.8, 4) is 0 Å². The van der Waals surface area contributed by atoms with E-state index in [0.29, 0.717) is 25.0 Å². The summed E-state index contributed by atoms with van der Waals surface area (Å²) in [6, 6.07) is 0. The van der Waals surface area contributed by atoms with Gasteiger partial charge >= 0.3 is 5.97 Å². The van der Waals surface area contributed by atoms with Crippen LogP contribution >= 0.6 is 0 Å². The highest BCUT2D eigenvalue weighted by atomic mass is 16.5. The second-order valence-corrected chi connectivity index (χ2v) is 5.78. The van der Waals surface area contributed by atoms with Gasteiger partial charge < -0.3 is 4.74 Å². The summed E-state index contributed by atoms with van der Waals surface area (Å²) in [6.07, 6.45) is 8.98. The lowest BCUT2D eigenvalue weighted by Gasteiger charge is -2.23. The minimum atomic E-state index is -0.0978. The van der Waals surface area contributed by atoms with Gasteiger partial charge in [-0.25, -0.2) is 0 Å². The van der Waals surface area contributed by atoms with Crippen LogP contribution in [0.5, 0.6) is 0 Å². The zero-order chi connectivity index (χ0) is 14.1. The standard InChI is InChI=1S/C16H28O3/c1-3-15-13(2)12-14(17)10-8-6-4-5-7-9-11-16(18)19-15/h13,15H,3-12H2,1-2H3/t13-,15+/m1/s1. The van der Waals surface area contributed by atoms with E-state index in [2.05, 4.69) is 0 Å². The van der Waals surface area contributed by atoms with E-state index in [-0.39, 0.29) is 18.0 Å². The van der Waals surface area contributed by atoms with E-state index < -0.39 is 0 Å². The average Bonchev–Trinajstić information content (AvgIpc) is 2.38. The van der Waals surface area contributed by atoms with E-state index in [4.69, 9.17) is 4.74 Å². The molecule has 3 nitrogen and oxygen atoms in total. The van der Waals surface area contributed by atoms with Crippen molar-refractivity contribution in [2.75, 3.05) is 0 Å². The predicted octanol–water partition coefficient (Wildman–Crippen LogP) is 4.04. The van der Waals surface area contributed by atoms with Crippen molar-refractivity contribution < 1.29 is 14.3 Å². The number of carbonyl (C=O) groups excluding carboxylic acids is 2. The van der Waals surface area contributed by atoms with Crippen LogP contribution in [-0.2, 0) is 14.3 Å². The fraction of sp³-hybridized carbons (Fsp3) is 0.875. The molecule has 3 heteroatoms. The summed E-state index contributed by atoms with van der Waals surface area (Å²) in [7, 11) is 0. The van der Waals surface area contributed by atoms with Gasteiger partial charge in [-0.15, -0.1) is 0 Å². The Morgan fingerprint density at radius 1 is 1.00 bits per heavy atom. The smallest absolute Gasteiger partial charge is 0.306 e. The van der Waals surface area contributed by atoms with E-state index in [9.17, 15) is 9.59 Å². The number of esters is 1. The molecule has 1 rings (SSSR count). The fourth-order valence-electron chi connectivity index (χ4n) is 2.72. The third-order valence-corrected chi connectivity index (χ3v) is 3.96. The lowest BCUT2D eigenvalue weighted by atomic mass is 9.94. The number of carbonyl (C=O) groups is 2. The number of hydrogen-bond donors (Lipinski definition) is 0.